The average Bonchev–Trinajstić information content (AvgIpc) is 2.62. The maximum absolute atomic E-state index is 12.6. The van der Waals surface area contributed by atoms with Crippen molar-refractivity contribution in [2.24, 2.45) is 0 Å². The molecule has 2 rings (SSSR count). The monoisotopic (exact) mass is 328 g/mol. The SMILES string of the molecule is CCCN(CC(O)c1cccnn1)C(=O)Cc1ccc(CC)nc1. The minimum Gasteiger partial charge on any atom is -0.385 e. The van der Waals surface area contributed by atoms with E-state index in [-0.39, 0.29) is 18.9 Å². The van der Waals surface area contributed by atoms with Crippen molar-refractivity contribution in [2.75, 3.05) is 13.1 Å². The summed E-state index contributed by atoms with van der Waals surface area (Å²) in [5.74, 6) is -0.0224. The fourth-order valence-electron chi connectivity index (χ4n) is 2.44. The van der Waals surface area contributed by atoms with Gasteiger partial charge in [-0.15, -0.1) is 0 Å². The number of carbonyl (C=O) groups excluding carboxylic acids is 1. The molecule has 0 radical (unpaired) electrons. The van der Waals surface area contributed by atoms with Crippen molar-refractivity contribution < 1.29 is 9.90 Å². The fraction of sp³-hybridized carbons (Fsp3) is 0.444. The Hall–Kier alpha value is -2.34. The van der Waals surface area contributed by atoms with Gasteiger partial charge in [0.25, 0.3) is 0 Å². The van der Waals surface area contributed by atoms with Gasteiger partial charge < -0.3 is 10.0 Å². The highest BCUT2D eigenvalue weighted by molar-refractivity contribution is 5.78. The summed E-state index contributed by atoms with van der Waals surface area (Å²) in [6.07, 6.45) is 4.45. The molecule has 1 amide bonds. The van der Waals surface area contributed by atoms with E-state index in [4.69, 9.17) is 0 Å². The van der Waals surface area contributed by atoms with Crippen LogP contribution in [0.2, 0.25) is 0 Å². The maximum Gasteiger partial charge on any atom is 0.227 e. The zero-order valence-electron chi connectivity index (χ0n) is 14.2. The van der Waals surface area contributed by atoms with E-state index in [9.17, 15) is 9.90 Å². The number of rotatable bonds is 8. The number of aryl methyl sites for hydroxylation is 1. The molecule has 6 nitrogen and oxygen atoms in total. The molecule has 2 aromatic heterocycles. The summed E-state index contributed by atoms with van der Waals surface area (Å²) in [5.41, 5.74) is 2.36. The Bertz CT molecular complexity index is 631. The van der Waals surface area contributed by atoms with Gasteiger partial charge in [0.1, 0.15) is 6.10 Å². The molecule has 1 unspecified atom stereocenters. The number of carbonyl (C=O) groups is 1. The Morgan fingerprint density at radius 2 is 2.12 bits per heavy atom. The zero-order chi connectivity index (χ0) is 17.4. The molecule has 0 bridgehead atoms. The molecule has 2 aromatic rings. The number of hydrogen-bond acceptors (Lipinski definition) is 5. The van der Waals surface area contributed by atoms with Gasteiger partial charge in [0, 0.05) is 24.6 Å². The summed E-state index contributed by atoms with van der Waals surface area (Å²) in [7, 11) is 0. The van der Waals surface area contributed by atoms with Gasteiger partial charge in [-0.2, -0.15) is 10.2 Å². The van der Waals surface area contributed by atoms with E-state index >= 15 is 0 Å². The van der Waals surface area contributed by atoms with Crippen molar-refractivity contribution in [3.63, 3.8) is 0 Å². The molecule has 24 heavy (non-hydrogen) atoms. The Morgan fingerprint density at radius 3 is 2.71 bits per heavy atom. The van der Waals surface area contributed by atoms with Crippen LogP contribution in [-0.4, -0.2) is 44.2 Å². The van der Waals surface area contributed by atoms with Crippen molar-refractivity contribution in [1.29, 1.82) is 0 Å². The predicted octanol–water partition coefficient (Wildman–Crippen LogP) is 1.95. The summed E-state index contributed by atoms with van der Waals surface area (Å²) in [4.78, 5) is 18.6. The van der Waals surface area contributed by atoms with Crippen LogP contribution in [0.15, 0.2) is 36.7 Å². The molecule has 0 saturated carbocycles. The predicted molar refractivity (Wildman–Crippen MR) is 91.2 cm³/mol. The summed E-state index contributed by atoms with van der Waals surface area (Å²) in [6.45, 7) is 4.86. The first-order valence-corrected chi connectivity index (χ1v) is 8.31. The van der Waals surface area contributed by atoms with Crippen LogP contribution in [0.25, 0.3) is 0 Å². The lowest BCUT2D eigenvalue weighted by Crippen LogP contribution is -2.36. The summed E-state index contributed by atoms with van der Waals surface area (Å²) < 4.78 is 0. The Labute approximate surface area is 142 Å². The third-order valence-corrected chi connectivity index (χ3v) is 3.78. The highest BCUT2D eigenvalue weighted by Crippen LogP contribution is 2.12. The minimum atomic E-state index is -0.838. The molecule has 0 aliphatic rings. The second kappa shape index (κ2) is 9.08. The van der Waals surface area contributed by atoms with Crippen molar-refractivity contribution >= 4 is 5.91 Å². The molecule has 0 saturated heterocycles. The molecule has 0 aromatic carbocycles. The molecule has 2 heterocycles. The smallest absolute Gasteiger partial charge is 0.227 e. The lowest BCUT2D eigenvalue weighted by molar-refractivity contribution is -0.132. The summed E-state index contributed by atoms with van der Waals surface area (Å²) in [5, 5.41) is 18.0. The normalized spacial score (nSPS) is 12.0. The van der Waals surface area contributed by atoms with Gasteiger partial charge in [0.2, 0.25) is 5.91 Å². The Morgan fingerprint density at radius 1 is 1.29 bits per heavy atom. The number of aliphatic hydroxyl groups is 1. The van der Waals surface area contributed by atoms with E-state index in [0.717, 1.165) is 24.1 Å². The molecule has 0 aliphatic heterocycles. The first-order valence-electron chi connectivity index (χ1n) is 8.31. The van der Waals surface area contributed by atoms with Crippen LogP contribution < -0.4 is 0 Å². The second-order valence-corrected chi connectivity index (χ2v) is 5.69. The average molecular weight is 328 g/mol. The lowest BCUT2D eigenvalue weighted by atomic mass is 10.1. The second-order valence-electron chi connectivity index (χ2n) is 5.69. The molecule has 1 atom stereocenters. The number of aliphatic hydroxyl groups excluding tert-OH is 1. The van der Waals surface area contributed by atoms with Crippen LogP contribution in [0.5, 0.6) is 0 Å². The quantitative estimate of drug-likeness (QED) is 0.801. The van der Waals surface area contributed by atoms with Crippen LogP contribution in [0.4, 0.5) is 0 Å². The summed E-state index contributed by atoms with van der Waals surface area (Å²) in [6, 6.07) is 7.31. The molecule has 0 aliphatic carbocycles. The van der Waals surface area contributed by atoms with E-state index < -0.39 is 6.10 Å². The number of nitrogens with zero attached hydrogens (tertiary/aromatic N) is 4. The van der Waals surface area contributed by atoms with Crippen molar-refractivity contribution in [3.05, 3.63) is 53.6 Å². The lowest BCUT2D eigenvalue weighted by Gasteiger charge is -2.24. The first kappa shape index (κ1) is 18.0. The minimum absolute atomic E-state index is 0.0224. The number of amides is 1. The molecule has 0 fully saturated rings. The molecule has 1 N–H and O–H groups in total. The zero-order valence-corrected chi connectivity index (χ0v) is 14.2. The van der Waals surface area contributed by atoms with Gasteiger partial charge in [0.05, 0.1) is 18.7 Å². The van der Waals surface area contributed by atoms with Gasteiger partial charge in [-0.3, -0.25) is 9.78 Å². The van der Waals surface area contributed by atoms with Gasteiger partial charge in [-0.25, -0.2) is 0 Å². The maximum atomic E-state index is 12.6. The van der Waals surface area contributed by atoms with Crippen LogP contribution in [0.1, 0.15) is 43.3 Å². The standard InChI is InChI=1S/C18H24N4O2/c1-3-10-22(13-17(23)16-6-5-9-20-21-16)18(24)11-14-7-8-15(4-2)19-12-14/h5-9,12,17,23H,3-4,10-11,13H2,1-2H3. The van der Waals surface area contributed by atoms with Crippen molar-refractivity contribution in [3.8, 4) is 0 Å². The van der Waals surface area contributed by atoms with Crippen LogP contribution in [0.3, 0.4) is 0 Å². The molecule has 128 valence electrons. The van der Waals surface area contributed by atoms with E-state index in [2.05, 4.69) is 15.2 Å². The molecule has 6 heteroatoms. The van der Waals surface area contributed by atoms with Crippen molar-refractivity contribution in [1.82, 2.24) is 20.1 Å². The van der Waals surface area contributed by atoms with Gasteiger partial charge in [0.15, 0.2) is 0 Å². The van der Waals surface area contributed by atoms with Gasteiger partial charge in [-0.1, -0.05) is 19.9 Å². The van der Waals surface area contributed by atoms with Crippen molar-refractivity contribution in [2.45, 2.75) is 39.2 Å². The first-order chi connectivity index (χ1) is 11.6. The van der Waals surface area contributed by atoms with E-state index in [1.54, 1.807) is 29.4 Å². The number of pyridine rings is 1. The molecular formula is C18H24N4O2. The topological polar surface area (TPSA) is 79.2 Å². The number of hydrogen-bond donors (Lipinski definition) is 1. The summed E-state index contributed by atoms with van der Waals surface area (Å²) >= 11 is 0. The highest BCUT2D eigenvalue weighted by Gasteiger charge is 2.19. The number of aromatic nitrogens is 3. The van der Waals surface area contributed by atoms with Crippen LogP contribution >= 0.6 is 0 Å². The molecule has 0 spiro atoms. The van der Waals surface area contributed by atoms with E-state index in [1.165, 1.54) is 0 Å². The third-order valence-electron chi connectivity index (χ3n) is 3.78. The van der Waals surface area contributed by atoms with Crippen LogP contribution in [-0.2, 0) is 17.6 Å². The largest absolute Gasteiger partial charge is 0.385 e. The highest BCUT2D eigenvalue weighted by atomic mass is 16.3. The molecular weight excluding hydrogens is 304 g/mol. The Balaban J connectivity index is 2.01. The van der Waals surface area contributed by atoms with E-state index in [1.807, 2.05) is 26.0 Å². The van der Waals surface area contributed by atoms with Crippen LogP contribution in [0, 0.1) is 0 Å². The van der Waals surface area contributed by atoms with Gasteiger partial charge in [-0.05, 0) is 36.6 Å². The fourth-order valence-corrected chi connectivity index (χ4v) is 2.44. The van der Waals surface area contributed by atoms with E-state index in [0.29, 0.717) is 12.2 Å². The van der Waals surface area contributed by atoms with Gasteiger partial charge >= 0.3 is 0 Å². The Kier molecular flexibility index (Phi) is 6.81. The third kappa shape index (κ3) is 5.09.